The van der Waals surface area contributed by atoms with Crippen molar-refractivity contribution in [3.63, 3.8) is 0 Å². The van der Waals surface area contributed by atoms with E-state index in [2.05, 4.69) is 55.1 Å². The van der Waals surface area contributed by atoms with E-state index >= 15 is 0 Å². The molecule has 106 valence electrons. The lowest BCUT2D eigenvalue weighted by molar-refractivity contribution is 0.185. The molecule has 1 N–H and O–H groups in total. The number of fused-ring (bicyclic) bond motifs is 3. The first-order valence-electron chi connectivity index (χ1n) is 7.44. The Kier molecular flexibility index (Phi) is 3.76. The maximum atomic E-state index is 9.58. The van der Waals surface area contributed by atoms with Crippen molar-refractivity contribution >= 4 is 27.6 Å². The summed E-state index contributed by atoms with van der Waals surface area (Å²) < 4.78 is 0. The van der Waals surface area contributed by atoms with Crippen LogP contribution in [0.5, 0.6) is 0 Å². The van der Waals surface area contributed by atoms with Gasteiger partial charge in [0.1, 0.15) is 0 Å². The van der Waals surface area contributed by atoms with Gasteiger partial charge in [-0.1, -0.05) is 61.2 Å². The van der Waals surface area contributed by atoms with Crippen LogP contribution in [0.2, 0.25) is 0 Å². The minimum Gasteiger partial charge on any atom is -0.393 e. The molecule has 1 unspecified atom stereocenters. The molecule has 0 aliphatic carbocycles. The molecule has 3 rings (SSSR count). The van der Waals surface area contributed by atoms with Gasteiger partial charge in [-0.15, -0.1) is 0 Å². The molecule has 0 radical (unpaired) electrons. The van der Waals surface area contributed by atoms with Crippen LogP contribution in [0.3, 0.4) is 0 Å². The summed E-state index contributed by atoms with van der Waals surface area (Å²) in [7, 11) is 0. The van der Waals surface area contributed by atoms with E-state index in [1.807, 2.05) is 13.0 Å². The largest absolute Gasteiger partial charge is 0.393 e. The van der Waals surface area contributed by atoms with Crippen molar-refractivity contribution in [2.24, 2.45) is 0 Å². The zero-order valence-electron chi connectivity index (χ0n) is 12.3. The molecule has 0 spiro atoms. The number of rotatable bonds is 4. The van der Waals surface area contributed by atoms with Gasteiger partial charge < -0.3 is 5.11 Å². The summed E-state index contributed by atoms with van der Waals surface area (Å²) in [5, 5.41) is 14.6. The molecule has 1 atom stereocenters. The van der Waals surface area contributed by atoms with Crippen LogP contribution in [0.15, 0.2) is 55.1 Å². The second-order valence-electron chi connectivity index (χ2n) is 5.62. The third kappa shape index (κ3) is 2.57. The van der Waals surface area contributed by atoms with E-state index < -0.39 is 0 Å². The molecule has 0 amide bonds. The van der Waals surface area contributed by atoms with Crippen LogP contribution in [-0.4, -0.2) is 11.2 Å². The van der Waals surface area contributed by atoms with Gasteiger partial charge in [-0.25, -0.2) is 0 Å². The first-order chi connectivity index (χ1) is 10.2. The van der Waals surface area contributed by atoms with Gasteiger partial charge in [0.25, 0.3) is 0 Å². The third-order valence-corrected chi connectivity index (χ3v) is 4.06. The summed E-state index contributed by atoms with van der Waals surface area (Å²) >= 11 is 0. The molecule has 0 fully saturated rings. The molecule has 0 saturated carbocycles. The molecular weight excluding hydrogens is 256 g/mol. The van der Waals surface area contributed by atoms with Crippen LogP contribution in [0.4, 0.5) is 0 Å². The van der Waals surface area contributed by atoms with E-state index in [-0.39, 0.29) is 6.10 Å². The van der Waals surface area contributed by atoms with Crippen molar-refractivity contribution in [2.75, 3.05) is 0 Å². The molecule has 1 nitrogen and oxygen atoms in total. The molecule has 0 saturated heterocycles. The van der Waals surface area contributed by atoms with Crippen molar-refractivity contribution in [2.45, 2.75) is 25.9 Å². The second-order valence-corrected chi connectivity index (χ2v) is 5.62. The van der Waals surface area contributed by atoms with Crippen LogP contribution >= 0.6 is 0 Å². The smallest absolute Gasteiger partial charge is 0.0515 e. The highest BCUT2D eigenvalue weighted by molar-refractivity contribution is 6.12. The highest BCUT2D eigenvalue weighted by Gasteiger charge is 2.09. The lowest BCUT2D eigenvalue weighted by Gasteiger charge is -2.13. The van der Waals surface area contributed by atoms with Gasteiger partial charge in [-0.05, 0) is 52.4 Å². The Morgan fingerprint density at radius 3 is 2.33 bits per heavy atom. The molecule has 0 aliphatic heterocycles. The lowest BCUT2D eigenvalue weighted by atomic mass is 9.92. The Bertz CT molecular complexity index is 799. The summed E-state index contributed by atoms with van der Waals surface area (Å²) in [6.45, 7) is 5.80. The van der Waals surface area contributed by atoms with E-state index in [9.17, 15) is 5.11 Å². The Balaban J connectivity index is 2.33. The number of aryl methyl sites for hydroxylation is 1. The number of benzene rings is 3. The molecule has 1 heteroatoms. The molecule has 21 heavy (non-hydrogen) atoms. The van der Waals surface area contributed by atoms with Gasteiger partial charge in [-0.3, -0.25) is 0 Å². The minimum atomic E-state index is -0.269. The van der Waals surface area contributed by atoms with Gasteiger partial charge in [0, 0.05) is 0 Å². The fourth-order valence-corrected chi connectivity index (χ4v) is 3.00. The van der Waals surface area contributed by atoms with Gasteiger partial charge in [0.15, 0.2) is 0 Å². The van der Waals surface area contributed by atoms with E-state index in [0.29, 0.717) is 0 Å². The first-order valence-corrected chi connectivity index (χ1v) is 7.44. The average Bonchev–Trinajstić information content (AvgIpc) is 2.51. The Morgan fingerprint density at radius 1 is 1.00 bits per heavy atom. The maximum Gasteiger partial charge on any atom is 0.0515 e. The fraction of sp³-hybridized carbons (Fsp3) is 0.200. The molecule has 3 aromatic rings. The number of aliphatic hydroxyl groups excluding tert-OH is 1. The minimum absolute atomic E-state index is 0.269. The first kappa shape index (κ1) is 13.8. The predicted molar refractivity (Wildman–Crippen MR) is 91.5 cm³/mol. The van der Waals surface area contributed by atoms with Gasteiger partial charge in [-0.2, -0.15) is 0 Å². The van der Waals surface area contributed by atoms with Crippen molar-refractivity contribution in [1.82, 2.24) is 0 Å². The van der Waals surface area contributed by atoms with Gasteiger partial charge in [0.05, 0.1) is 6.10 Å². The molecule has 0 aliphatic rings. The van der Waals surface area contributed by atoms with Crippen LogP contribution in [0.25, 0.3) is 27.6 Å². The molecule has 0 heterocycles. The fourth-order valence-electron chi connectivity index (χ4n) is 3.00. The SMILES string of the molecule is C=Cc1cccc2ccc3cccc(CCC(C)O)c3c12. The average molecular weight is 276 g/mol. The highest BCUT2D eigenvalue weighted by atomic mass is 16.3. The van der Waals surface area contributed by atoms with Gasteiger partial charge in [0.2, 0.25) is 0 Å². The summed E-state index contributed by atoms with van der Waals surface area (Å²) in [5.74, 6) is 0. The van der Waals surface area contributed by atoms with E-state index in [1.165, 1.54) is 32.7 Å². The summed E-state index contributed by atoms with van der Waals surface area (Å²) in [4.78, 5) is 0. The zero-order chi connectivity index (χ0) is 14.8. The lowest BCUT2D eigenvalue weighted by Crippen LogP contribution is -2.02. The standard InChI is InChI=1S/C20H20O/c1-3-15-6-4-7-17-12-13-18-9-5-8-16(11-10-14(2)21)20(18)19(15)17/h3-9,12-14,21H,1,10-11H2,2H3. The monoisotopic (exact) mass is 276 g/mol. The van der Waals surface area contributed by atoms with Gasteiger partial charge >= 0.3 is 0 Å². The topological polar surface area (TPSA) is 20.2 Å². The van der Waals surface area contributed by atoms with E-state index in [1.54, 1.807) is 0 Å². The van der Waals surface area contributed by atoms with Crippen molar-refractivity contribution in [3.8, 4) is 0 Å². The zero-order valence-corrected chi connectivity index (χ0v) is 12.3. The molecule has 3 aromatic carbocycles. The summed E-state index contributed by atoms with van der Waals surface area (Å²) in [5.41, 5.74) is 2.47. The van der Waals surface area contributed by atoms with E-state index in [0.717, 1.165) is 12.8 Å². The number of hydrogen-bond acceptors (Lipinski definition) is 1. The Hall–Kier alpha value is -2.12. The molecule has 0 aromatic heterocycles. The van der Waals surface area contributed by atoms with E-state index in [4.69, 9.17) is 0 Å². The summed E-state index contributed by atoms with van der Waals surface area (Å²) in [6, 6.07) is 17.1. The number of hydrogen-bond donors (Lipinski definition) is 1. The second kappa shape index (κ2) is 5.71. The third-order valence-electron chi connectivity index (χ3n) is 4.06. The normalized spacial score (nSPS) is 12.7. The van der Waals surface area contributed by atoms with Crippen LogP contribution in [-0.2, 0) is 6.42 Å². The predicted octanol–water partition coefficient (Wildman–Crippen LogP) is 4.95. The molecule has 0 bridgehead atoms. The van der Waals surface area contributed by atoms with Crippen molar-refractivity contribution in [3.05, 3.63) is 66.2 Å². The number of aliphatic hydroxyl groups is 1. The maximum absolute atomic E-state index is 9.58. The highest BCUT2D eigenvalue weighted by Crippen LogP contribution is 2.32. The van der Waals surface area contributed by atoms with Crippen LogP contribution in [0.1, 0.15) is 24.5 Å². The molecular formula is C20H20O. The van der Waals surface area contributed by atoms with Crippen LogP contribution < -0.4 is 0 Å². The van der Waals surface area contributed by atoms with Crippen molar-refractivity contribution in [1.29, 1.82) is 0 Å². The van der Waals surface area contributed by atoms with Crippen LogP contribution in [0, 0.1) is 0 Å². The van der Waals surface area contributed by atoms with Crippen molar-refractivity contribution < 1.29 is 5.11 Å². The Morgan fingerprint density at radius 2 is 1.67 bits per heavy atom. The summed E-state index contributed by atoms with van der Waals surface area (Å²) in [6.07, 6.45) is 3.33. The Labute approximate surface area is 125 Å². The quantitative estimate of drug-likeness (QED) is 0.668.